The number of likely N-dealkylation sites (tertiary alicyclic amines) is 1. The summed E-state index contributed by atoms with van der Waals surface area (Å²) >= 11 is 0. The van der Waals surface area contributed by atoms with Crippen LogP contribution in [0.15, 0.2) is 30.3 Å². The minimum absolute atomic E-state index is 0.0719. The molecule has 1 aliphatic carbocycles. The Bertz CT molecular complexity index is 427. The van der Waals surface area contributed by atoms with Gasteiger partial charge in [-0.1, -0.05) is 30.3 Å². The van der Waals surface area contributed by atoms with Crippen molar-refractivity contribution in [3.05, 3.63) is 35.9 Å². The Labute approximate surface area is 107 Å². The van der Waals surface area contributed by atoms with E-state index in [1.807, 2.05) is 35.2 Å². The van der Waals surface area contributed by atoms with Gasteiger partial charge in [0.25, 0.3) is 0 Å². The minimum atomic E-state index is -0.323. The predicted molar refractivity (Wildman–Crippen MR) is 69.1 cm³/mol. The number of aliphatic hydroxyl groups is 1. The van der Waals surface area contributed by atoms with Gasteiger partial charge in [0.05, 0.1) is 6.10 Å². The van der Waals surface area contributed by atoms with Gasteiger partial charge >= 0.3 is 0 Å². The van der Waals surface area contributed by atoms with E-state index < -0.39 is 0 Å². The Morgan fingerprint density at radius 2 is 1.89 bits per heavy atom. The summed E-state index contributed by atoms with van der Waals surface area (Å²) in [5.41, 5.74) is 1.14. The molecule has 18 heavy (non-hydrogen) atoms. The van der Waals surface area contributed by atoms with Gasteiger partial charge in [-0.15, -0.1) is 0 Å². The number of nitrogens with zero attached hydrogens (tertiary/aromatic N) is 1. The van der Waals surface area contributed by atoms with Crippen LogP contribution in [0.4, 0.5) is 0 Å². The fourth-order valence-electron chi connectivity index (χ4n) is 2.76. The number of hydrogen-bond acceptors (Lipinski definition) is 2. The largest absolute Gasteiger partial charge is 0.392 e. The molecule has 1 aliphatic heterocycles. The summed E-state index contributed by atoms with van der Waals surface area (Å²) in [6.45, 7) is 1.38. The minimum Gasteiger partial charge on any atom is -0.392 e. The highest BCUT2D eigenvalue weighted by molar-refractivity contribution is 5.81. The molecule has 1 aromatic carbocycles. The fraction of sp³-hybridized carbons (Fsp3) is 0.533. The van der Waals surface area contributed by atoms with Gasteiger partial charge in [-0.25, -0.2) is 0 Å². The summed E-state index contributed by atoms with van der Waals surface area (Å²) in [5, 5.41) is 10.1. The molecule has 1 saturated carbocycles. The molecule has 0 aromatic heterocycles. The van der Waals surface area contributed by atoms with Crippen LogP contribution in [-0.2, 0) is 4.79 Å². The molecule has 0 radical (unpaired) electrons. The van der Waals surface area contributed by atoms with Crippen LogP contribution < -0.4 is 0 Å². The highest BCUT2D eigenvalue weighted by Gasteiger charge is 2.37. The van der Waals surface area contributed by atoms with Crippen molar-refractivity contribution in [1.82, 2.24) is 4.90 Å². The average molecular weight is 245 g/mol. The summed E-state index contributed by atoms with van der Waals surface area (Å²) in [7, 11) is 0. The number of hydrogen-bond donors (Lipinski definition) is 1. The second-order valence-electron chi connectivity index (χ2n) is 5.43. The van der Waals surface area contributed by atoms with Gasteiger partial charge in [0, 0.05) is 24.9 Å². The second-order valence-corrected chi connectivity index (χ2v) is 5.43. The molecule has 96 valence electrons. The molecule has 1 aromatic rings. The number of aliphatic hydroxyl groups excluding tert-OH is 1. The summed E-state index contributed by atoms with van der Waals surface area (Å²) in [5.74, 6) is 0.641. The Morgan fingerprint density at radius 3 is 2.56 bits per heavy atom. The quantitative estimate of drug-likeness (QED) is 0.862. The molecular weight excluding hydrogens is 226 g/mol. The molecule has 1 N–H and O–H groups in total. The Hall–Kier alpha value is -1.35. The van der Waals surface area contributed by atoms with Crippen molar-refractivity contribution in [2.24, 2.45) is 5.92 Å². The summed E-state index contributed by atoms with van der Waals surface area (Å²) in [6, 6.07) is 10.0. The van der Waals surface area contributed by atoms with Crippen molar-refractivity contribution < 1.29 is 9.90 Å². The summed E-state index contributed by atoms with van der Waals surface area (Å²) < 4.78 is 0. The predicted octanol–water partition coefficient (Wildman–Crippen LogP) is 1.77. The highest BCUT2D eigenvalue weighted by atomic mass is 16.3. The lowest BCUT2D eigenvalue weighted by atomic mass is 9.88. The van der Waals surface area contributed by atoms with Crippen LogP contribution in [0.1, 0.15) is 30.7 Å². The maximum absolute atomic E-state index is 12.1. The van der Waals surface area contributed by atoms with Gasteiger partial charge in [0.2, 0.25) is 5.91 Å². The zero-order valence-corrected chi connectivity index (χ0v) is 10.5. The van der Waals surface area contributed by atoms with Crippen LogP contribution in [0.2, 0.25) is 0 Å². The van der Waals surface area contributed by atoms with Gasteiger partial charge in [0.1, 0.15) is 0 Å². The molecule has 2 fully saturated rings. The van der Waals surface area contributed by atoms with E-state index in [1.54, 1.807) is 0 Å². The topological polar surface area (TPSA) is 40.5 Å². The number of benzene rings is 1. The zero-order valence-electron chi connectivity index (χ0n) is 10.5. The monoisotopic (exact) mass is 245 g/mol. The fourth-order valence-corrected chi connectivity index (χ4v) is 2.76. The third-order valence-corrected chi connectivity index (χ3v) is 4.04. The average Bonchev–Trinajstić information content (AvgIpc) is 3.24. The molecule has 1 amide bonds. The smallest absolute Gasteiger partial charge is 0.225 e. The van der Waals surface area contributed by atoms with Gasteiger partial charge < -0.3 is 10.0 Å². The van der Waals surface area contributed by atoms with Crippen LogP contribution in [0.25, 0.3) is 0 Å². The zero-order chi connectivity index (χ0) is 12.5. The third kappa shape index (κ3) is 2.27. The first-order valence-electron chi connectivity index (χ1n) is 6.77. The first kappa shape index (κ1) is 11.7. The standard InChI is InChI=1S/C15H19NO2/c17-14-8-9-16(15(18)12-6-7-12)10-13(14)11-4-2-1-3-5-11/h1-5,12-14,17H,6-10H2/t13-,14+/m1/s1. The SMILES string of the molecule is O=C(C1CC1)N1CC[C@H](O)[C@@H](c2ccccc2)C1. The maximum Gasteiger partial charge on any atom is 0.225 e. The normalized spacial score (nSPS) is 28.2. The lowest BCUT2D eigenvalue weighted by molar-refractivity contribution is -0.135. The number of piperidine rings is 1. The van der Waals surface area contributed by atoms with E-state index in [0.717, 1.165) is 18.4 Å². The van der Waals surface area contributed by atoms with E-state index >= 15 is 0 Å². The molecule has 2 aliphatic rings. The molecule has 2 atom stereocenters. The number of amides is 1. The first-order valence-corrected chi connectivity index (χ1v) is 6.77. The van der Waals surface area contributed by atoms with Gasteiger partial charge in [-0.3, -0.25) is 4.79 Å². The van der Waals surface area contributed by atoms with Crippen molar-refractivity contribution in [3.63, 3.8) is 0 Å². The van der Waals surface area contributed by atoms with Gasteiger partial charge in [-0.2, -0.15) is 0 Å². The molecule has 0 spiro atoms. The van der Waals surface area contributed by atoms with Crippen molar-refractivity contribution in [2.75, 3.05) is 13.1 Å². The lowest BCUT2D eigenvalue weighted by Crippen LogP contribution is -2.45. The van der Waals surface area contributed by atoms with Crippen molar-refractivity contribution in [2.45, 2.75) is 31.3 Å². The Balaban J connectivity index is 1.74. The van der Waals surface area contributed by atoms with Crippen molar-refractivity contribution >= 4 is 5.91 Å². The molecule has 1 saturated heterocycles. The van der Waals surface area contributed by atoms with Crippen LogP contribution in [0.5, 0.6) is 0 Å². The van der Waals surface area contributed by atoms with Crippen LogP contribution in [-0.4, -0.2) is 35.1 Å². The number of carbonyl (C=O) groups is 1. The molecule has 3 rings (SSSR count). The molecular formula is C15H19NO2. The first-order chi connectivity index (χ1) is 8.75. The highest BCUT2D eigenvalue weighted by Crippen LogP contribution is 2.34. The number of rotatable bonds is 2. The van der Waals surface area contributed by atoms with Crippen LogP contribution in [0, 0.1) is 5.92 Å². The molecule has 1 heterocycles. The third-order valence-electron chi connectivity index (χ3n) is 4.04. The van der Waals surface area contributed by atoms with Crippen molar-refractivity contribution in [3.8, 4) is 0 Å². The van der Waals surface area contributed by atoms with Crippen molar-refractivity contribution in [1.29, 1.82) is 0 Å². The van der Waals surface area contributed by atoms with Crippen LogP contribution in [0.3, 0.4) is 0 Å². The van der Waals surface area contributed by atoms with E-state index in [9.17, 15) is 9.90 Å². The maximum atomic E-state index is 12.1. The molecule has 3 nitrogen and oxygen atoms in total. The Morgan fingerprint density at radius 1 is 1.17 bits per heavy atom. The van der Waals surface area contributed by atoms with Gasteiger partial charge in [-0.05, 0) is 24.8 Å². The summed E-state index contributed by atoms with van der Waals surface area (Å²) in [4.78, 5) is 14.0. The second kappa shape index (κ2) is 4.73. The van der Waals surface area contributed by atoms with E-state index in [4.69, 9.17) is 0 Å². The molecule has 0 unspecified atom stereocenters. The number of carbonyl (C=O) groups excluding carboxylic acids is 1. The summed E-state index contributed by atoms with van der Waals surface area (Å²) in [6.07, 6.45) is 2.47. The van der Waals surface area contributed by atoms with Crippen LogP contribution >= 0.6 is 0 Å². The van der Waals surface area contributed by atoms with Gasteiger partial charge in [0.15, 0.2) is 0 Å². The van der Waals surface area contributed by atoms with E-state index in [1.165, 1.54) is 0 Å². The Kier molecular flexibility index (Phi) is 3.08. The van der Waals surface area contributed by atoms with E-state index in [2.05, 4.69) is 0 Å². The lowest BCUT2D eigenvalue weighted by Gasteiger charge is -2.36. The van der Waals surface area contributed by atoms with E-state index in [0.29, 0.717) is 25.4 Å². The molecule has 3 heteroatoms. The van der Waals surface area contributed by atoms with E-state index in [-0.39, 0.29) is 17.9 Å². The molecule has 0 bridgehead atoms.